The summed E-state index contributed by atoms with van der Waals surface area (Å²) in [5.74, 6) is -0.364. The highest BCUT2D eigenvalue weighted by atomic mass is 19.4. The van der Waals surface area contributed by atoms with Gasteiger partial charge in [-0.2, -0.15) is 13.2 Å². The highest BCUT2D eigenvalue weighted by Gasteiger charge is 2.42. The molecule has 1 unspecified atom stereocenters. The predicted octanol–water partition coefficient (Wildman–Crippen LogP) is 2.29. The minimum atomic E-state index is -4.31. The molecule has 1 aromatic rings. The summed E-state index contributed by atoms with van der Waals surface area (Å²) in [5.41, 5.74) is 0. The van der Waals surface area contributed by atoms with Gasteiger partial charge in [-0.25, -0.2) is 0 Å². The van der Waals surface area contributed by atoms with Gasteiger partial charge < -0.3 is 9.47 Å². The Morgan fingerprint density at radius 3 is 2.27 bits per heavy atom. The van der Waals surface area contributed by atoms with Crippen LogP contribution >= 0.6 is 0 Å². The van der Waals surface area contributed by atoms with E-state index >= 15 is 0 Å². The molecule has 0 aromatic carbocycles. The number of hydrogen-bond acceptors (Lipinski definition) is 2. The number of hydrogen-bond donors (Lipinski definition) is 0. The molecule has 1 atom stereocenters. The van der Waals surface area contributed by atoms with E-state index < -0.39 is 12.7 Å². The number of likely N-dealkylation sites (tertiary alicyclic amines) is 2. The SMILES string of the molecule is O=C1C(N2CCC(n3cccc3)CC2)CCN1CC(F)(F)F. The average molecular weight is 315 g/mol. The second-order valence-corrected chi connectivity index (χ2v) is 6.08. The highest BCUT2D eigenvalue weighted by Crippen LogP contribution is 2.28. The van der Waals surface area contributed by atoms with Crippen molar-refractivity contribution in [3.8, 4) is 0 Å². The van der Waals surface area contributed by atoms with Gasteiger partial charge in [-0.15, -0.1) is 0 Å². The van der Waals surface area contributed by atoms with Gasteiger partial charge in [0.15, 0.2) is 0 Å². The van der Waals surface area contributed by atoms with Crippen molar-refractivity contribution < 1.29 is 18.0 Å². The number of nitrogens with zero attached hydrogens (tertiary/aromatic N) is 3. The van der Waals surface area contributed by atoms with Crippen LogP contribution in [0.3, 0.4) is 0 Å². The van der Waals surface area contributed by atoms with E-state index in [1.54, 1.807) is 0 Å². The van der Waals surface area contributed by atoms with Crippen molar-refractivity contribution in [2.24, 2.45) is 0 Å². The Labute approximate surface area is 127 Å². The summed E-state index contributed by atoms with van der Waals surface area (Å²) in [6.07, 6.45) is 2.11. The van der Waals surface area contributed by atoms with Crippen LogP contribution in [0.1, 0.15) is 25.3 Å². The van der Waals surface area contributed by atoms with E-state index in [2.05, 4.69) is 9.47 Å². The number of rotatable bonds is 3. The van der Waals surface area contributed by atoms with Crippen molar-refractivity contribution >= 4 is 5.91 Å². The number of carbonyl (C=O) groups excluding carboxylic acids is 1. The zero-order valence-corrected chi connectivity index (χ0v) is 12.3. The molecule has 7 heteroatoms. The summed E-state index contributed by atoms with van der Waals surface area (Å²) in [4.78, 5) is 15.2. The number of halogens is 3. The Bertz CT molecular complexity index is 507. The van der Waals surface area contributed by atoms with Crippen LogP contribution in [0, 0.1) is 0 Å². The van der Waals surface area contributed by atoms with Gasteiger partial charge in [0.2, 0.25) is 5.91 Å². The van der Waals surface area contributed by atoms with Crippen molar-refractivity contribution in [1.29, 1.82) is 0 Å². The van der Waals surface area contributed by atoms with E-state index in [4.69, 9.17) is 0 Å². The van der Waals surface area contributed by atoms with E-state index in [-0.39, 0.29) is 18.5 Å². The van der Waals surface area contributed by atoms with Gasteiger partial charge in [0.05, 0.1) is 6.04 Å². The average Bonchev–Trinajstić information content (AvgIpc) is 3.09. The van der Waals surface area contributed by atoms with Gasteiger partial charge >= 0.3 is 6.18 Å². The summed E-state index contributed by atoms with van der Waals surface area (Å²) in [7, 11) is 0. The van der Waals surface area contributed by atoms with Crippen molar-refractivity contribution in [2.75, 3.05) is 26.2 Å². The number of amides is 1. The molecule has 1 aromatic heterocycles. The van der Waals surface area contributed by atoms with E-state index in [0.29, 0.717) is 12.5 Å². The third kappa shape index (κ3) is 3.29. The molecule has 0 spiro atoms. The Morgan fingerprint density at radius 2 is 1.68 bits per heavy atom. The molecule has 3 heterocycles. The molecular weight excluding hydrogens is 295 g/mol. The molecular formula is C15H20F3N3O. The second kappa shape index (κ2) is 5.95. The summed E-state index contributed by atoms with van der Waals surface area (Å²) in [5, 5.41) is 0. The zero-order chi connectivity index (χ0) is 15.7. The lowest BCUT2D eigenvalue weighted by Gasteiger charge is -2.35. The molecule has 2 saturated heterocycles. The smallest absolute Gasteiger partial charge is 0.351 e. The van der Waals surface area contributed by atoms with E-state index in [1.165, 1.54) is 0 Å². The first-order valence-electron chi connectivity index (χ1n) is 7.66. The van der Waals surface area contributed by atoms with Gasteiger partial charge in [-0.1, -0.05) is 0 Å². The lowest BCUT2D eigenvalue weighted by atomic mass is 10.0. The van der Waals surface area contributed by atoms with E-state index in [1.807, 2.05) is 24.5 Å². The maximum atomic E-state index is 12.4. The van der Waals surface area contributed by atoms with Crippen LogP contribution in [0.15, 0.2) is 24.5 Å². The first kappa shape index (κ1) is 15.4. The molecule has 2 aliphatic heterocycles. The largest absolute Gasteiger partial charge is 0.406 e. The fraction of sp³-hybridized carbons (Fsp3) is 0.667. The Hall–Kier alpha value is -1.50. The number of aromatic nitrogens is 1. The minimum absolute atomic E-state index is 0.209. The molecule has 3 rings (SSSR count). The number of carbonyl (C=O) groups is 1. The van der Waals surface area contributed by atoms with Crippen molar-refractivity contribution in [3.05, 3.63) is 24.5 Å². The summed E-state index contributed by atoms with van der Waals surface area (Å²) in [6.45, 7) is 0.612. The summed E-state index contributed by atoms with van der Waals surface area (Å²) in [6, 6.07) is 4.03. The van der Waals surface area contributed by atoms with Crippen LogP contribution < -0.4 is 0 Å². The molecule has 0 bridgehead atoms. The van der Waals surface area contributed by atoms with Crippen LogP contribution in [0.25, 0.3) is 0 Å². The van der Waals surface area contributed by atoms with Crippen molar-refractivity contribution in [1.82, 2.24) is 14.4 Å². The Balaban J connectivity index is 1.55. The molecule has 1 amide bonds. The Morgan fingerprint density at radius 1 is 1.05 bits per heavy atom. The second-order valence-electron chi connectivity index (χ2n) is 6.08. The molecule has 2 fully saturated rings. The quantitative estimate of drug-likeness (QED) is 0.856. The van der Waals surface area contributed by atoms with Gasteiger partial charge in [-0.3, -0.25) is 9.69 Å². The third-order valence-corrected chi connectivity index (χ3v) is 4.63. The van der Waals surface area contributed by atoms with Crippen molar-refractivity contribution in [3.63, 3.8) is 0 Å². The molecule has 122 valence electrons. The first-order valence-corrected chi connectivity index (χ1v) is 7.66. The van der Waals surface area contributed by atoms with Gasteiger partial charge in [0.1, 0.15) is 6.54 Å². The van der Waals surface area contributed by atoms with Gasteiger partial charge in [0, 0.05) is 38.1 Å². The van der Waals surface area contributed by atoms with Crippen LogP contribution in [0.2, 0.25) is 0 Å². The lowest BCUT2D eigenvalue weighted by molar-refractivity contribution is -0.159. The molecule has 2 aliphatic rings. The third-order valence-electron chi connectivity index (χ3n) is 4.63. The molecule has 0 N–H and O–H groups in total. The summed E-state index contributed by atoms with van der Waals surface area (Å²) < 4.78 is 39.5. The predicted molar refractivity (Wildman–Crippen MR) is 75.3 cm³/mol. The van der Waals surface area contributed by atoms with Crippen LogP contribution in [-0.2, 0) is 4.79 Å². The van der Waals surface area contributed by atoms with Crippen molar-refractivity contribution in [2.45, 2.75) is 37.5 Å². The lowest BCUT2D eigenvalue weighted by Crippen LogP contribution is -2.47. The molecule has 0 aliphatic carbocycles. The monoisotopic (exact) mass is 315 g/mol. The van der Waals surface area contributed by atoms with Gasteiger partial charge in [0.25, 0.3) is 0 Å². The molecule has 22 heavy (non-hydrogen) atoms. The van der Waals surface area contributed by atoms with Crippen LogP contribution in [-0.4, -0.2) is 58.7 Å². The number of alkyl halides is 3. The maximum Gasteiger partial charge on any atom is 0.406 e. The van der Waals surface area contributed by atoms with Gasteiger partial charge in [-0.05, 0) is 31.4 Å². The summed E-state index contributed by atoms with van der Waals surface area (Å²) >= 11 is 0. The van der Waals surface area contributed by atoms with Crippen LogP contribution in [0.4, 0.5) is 13.2 Å². The topological polar surface area (TPSA) is 28.5 Å². The van der Waals surface area contributed by atoms with E-state index in [0.717, 1.165) is 30.8 Å². The molecule has 0 saturated carbocycles. The van der Waals surface area contributed by atoms with Crippen LogP contribution in [0.5, 0.6) is 0 Å². The molecule has 0 radical (unpaired) electrons. The highest BCUT2D eigenvalue weighted by molar-refractivity contribution is 5.84. The van der Waals surface area contributed by atoms with E-state index in [9.17, 15) is 18.0 Å². The normalized spacial score (nSPS) is 25.1. The minimum Gasteiger partial charge on any atom is -0.351 e. The standard InChI is InChI=1S/C15H20F3N3O/c16-15(17,18)11-21-10-5-13(14(21)22)20-8-3-12(4-9-20)19-6-1-2-7-19/h1-2,6-7,12-13H,3-5,8-11H2. The number of piperidine rings is 1. The fourth-order valence-corrected chi connectivity index (χ4v) is 3.52. The zero-order valence-electron chi connectivity index (χ0n) is 12.3. The Kier molecular flexibility index (Phi) is 4.16. The molecule has 4 nitrogen and oxygen atoms in total. The maximum absolute atomic E-state index is 12.4. The fourth-order valence-electron chi connectivity index (χ4n) is 3.52. The first-order chi connectivity index (χ1) is 10.4.